The van der Waals surface area contributed by atoms with E-state index >= 15 is 0 Å². The average molecular weight is 324 g/mol. The first-order valence-electron chi connectivity index (χ1n) is 7.83. The Kier molecular flexibility index (Phi) is 4.67. The summed E-state index contributed by atoms with van der Waals surface area (Å²) in [5.41, 5.74) is 4.27. The quantitative estimate of drug-likeness (QED) is 0.551. The number of rotatable bonds is 5. The maximum Gasteiger partial charge on any atom is 0.231 e. The monoisotopic (exact) mass is 324 g/mol. The SMILES string of the molecule is CCN(CC)c1ccc(N=Nc2nc3ccc(C)cc3s2)cc1. The minimum Gasteiger partial charge on any atom is -0.372 e. The second-order valence-corrected chi connectivity index (χ2v) is 6.37. The van der Waals surface area contributed by atoms with Crippen LogP contribution < -0.4 is 4.90 Å². The second-order valence-electron chi connectivity index (χ2n) is 5.36. The summed E-state index contributed by atoms with van der Waals surface area (Å²) in [6, 6.07) is 14.4. The molecule has 1 aromatic heterocycles. The van der Waals surface area contributed by atoms with Crippen LogP contribution in [-0.2, 0) is 0 Å². The van der Waals surface area contributed by atoms with Crippen molar-refractivity contribution >= 4 is 38.1 Å². The van der Waals surface area contributed by atoms with Gasteiger partial charge < -0.3 is 4.90 Å². The first-order chi connectivity index (χ1) is 11.2. The maximum atomic E-state index is 4.49. The Hall–Kier alpha value is -2.27. The lowest BCUT2D eigenvalue weighted by molar-refractivity contribution is 0.866. The Morgan fingerprint density at radius 2 is 1.74 bits per heavy atom. The van der Waals surface area contributed by atoms with Crippen molar-refractivity contribution in [1.82, 2.24) is 4.98 Å². The van der Waals surface area contributed by atoms with Crippen LogP contribution in [0.3, 0.4) is 0 Å². The number of azo groups is 1. The van der Waals surface area contributed by atoms with Crippen molar-refractivity contribution in [2.75, 3.05) is 18.0 Å². The fraction of sp³-hybridized carbons (Fsp3) is 0.278. The number of benzene rings is 2. The molecule has 0 amide bonds. The van der Waals surface area contributed by atoms with Gasteiger partial charge in [-0.1, -0.05) is 17.4 Å². The Bertz CT molecular complexity index is 817. The number of aromatic nitrogens is 1. The van der Waals surface area contributed by atoms with Crippen molar-refractivity contribution in [3.8, 4) is 0 Å². The molecule has 0 N–H and O–H groups in total. The summed E-state index contributed by atoms with van der Waals surface area (Å²) in [6.07, 6.45) is 0. The van der Waals surface area contributed by atoms with Gasteiger partial charge in [-0.3, -0.25) is 0 Å². The van der Waals surface area contributed by atoms with Gasteiger partial charge >= 0.3 is 0 Å². The lowest BCUT2D eigenvalue weighted by Crippen LogP contribution is -2.21. The molecule has 0 radical (unpaired) electrons. The highest BCUT2D eigenvalue weighted by atomic mass is 32.1. The van der Waals surface area contributed by atoms with Gasteiger partial charge in [-0.15, -0.1) is 10.2 Å². The molecule has 1 heterocycles. The smallest absolute Gasteiger partial charge is 0.231 e. The third-order valence-electron chi connectivity index (χ3n) is 3.76. The summed E-state index contributed by atoms with van der Waals surface area (Å²) in [5.74, 6) is 0. The fourth-order valence-corrected chi connectivity index (χ4v) is 3.37. The molecular weight excluding hydrogens is 304 g/mol. The molecule has 4 nitrogen and oxygen atoms in total. The zero-order valence-corrected chi connectivity index (χ0v) is 14.5. The first kappa shape index (κ1) is 15.6. The van der Waals surface area contributed by atoms with E-state index in [0.29, 0.717) is 5.13 Å². The topological polar surface area (TPSA) is 40.9 Å². The number of thiazole rings is 1. The van der Waals surface area contributed by atoms with E-state index < -0.39 is 0 Å². The van der Waals surface area contributed by atoms with E-state index in [9.17, 15) is 0 Å². The standard InChI is InChI=1S/C18H20N4S/c1-4-22(5-2)15-9-7-14(8-10-15)20-21-18-19-16-11-6-13(3)12-17(16)23-18/h6-12H,4-5H2,1-3H3. The van der Waals surface area contributed by atoms with E-state index in [0.717, 1.165) is 29.0 Å². The third-order valence-corrected chi connectivity index (χ3v) is 4.66. The van der Waals surface area contributed by atoms with Crippen LogP contribution in [0.4, 0.5) is 16.5 Å². The molecule has 0 bridgehead atoms. The van der Waals surface area contributed by atoms with Gasteiger partial charge in [0.2, 0.25) is 5.13 Å². The Balaban J connectivity index is 1.78. The van der Waals surface area contributed by atoms with E-state index in [2.05, 4.69) is 65.1 Å². The number of hydrogen-bond acceptors (Lipinski definition) is 5. The van der Waals surface area contributed by atoms with E-state index in [-0.39, 0.29) is 0 Å². The highest BCUT2D eigenvalue weighted by molar-refractivity contribution is 7.21. The van der Waals surface area contributed by atoms with Crippen LogP contribution in [0.2, 0.25) is 0 Å². The zero-order valence-electron chi connectivity index (χ0n) is 13.7. The van der Waals surface area contributed by atoms with Crippen LogP contribution >= 0.6 is 11.3 Å². The van der Waals surface area contributed by atoms with E-state index in [4.69, 9.17) is 0 Å². The van der Waals surface area contributed by atoms with Crippen LogP contribution in [0, 0.1) is 6.92 Å². The molecule has 2 aromatic carbocycles. The van der Waals surface area contributed by atoms with Gasteiger partial charge in [0.15, 0.2) is 0 Å². The molecule has 0 saturated heterocycles. The summed E-state index contributed by atoms with van der Waals surface area (Å²) < 4.78 is 1.15. The molecule has 0 aliphatic rings. The van der Waals surface area contributed by atoms with Crippen molar-refractivity contribution in [3.63, 3.8) is 0 Å². The molecule has 0 spiro atoms. The molecule has 0 fully saturated rings. The van der Waals surface area contributed by atoms with E-state index in [1.165, 1.54) is 11.3 Å². The second kappa shape index (κ2) is 6.87. The van der Waals surface area contributed by atoms with Crippen LogP contribution in [-0.4, -0.2) is 18.1 Å². The highest BCUT2D eigenvalue weighted by Crippen LogP contribution is 2.30. The van der Waals surface area contributed by atoms with Gasteiger partial charge in [0.05, 0.1) is 15.9 Å². The number of aryl methyl sites for hydroxylation is 1. The van der Waals surface area contributed by atoms with Crippen molar-refractivity contribution in [2.45, 2.75) is 20.8 Å². The van der Waals surface area contributed by atoms with Crippen molar-refractivity contribution in [2.24, 2.45) is 10.2 Å². The van der Waals surface area contributed by atoms with Crippen molar-refractivity contribution in [1.29, 1.82) is 0 Å². The molecular formula is C18H20N4S. The maximum absolute atomic E-state index is 4.49. The Labute approximate surface area is 140 Å². The van der Waals surface area contributed by atoms with Gasteiger partial charge in [-0.2, -0.15) is 0 Å². The van der Waals surface area contributed by atoms with E-state index in [1.807, 2.05) is 18.2 Å². The van der Waals surface area contributed by atoms with Crippen LogP contribution in [0.1, 0.15) is 19.4 Å². The number of nitrogens with zero attached hydrogens (tertiary/aromatic N) is 4. The summed E-state index contributed by atoms with van der Waals surface area (Å²) >= 11 is 1.57. The normalized spacial score (nSPS) is 11.4. The molecule has 0 saturated carbocycles. The van der Waals surface area contributed by atoms with Crippen LogP contribution in [0.15, 0.2) is 52.7 Å². The van der Waals surface area contributed by atoms with Crippen LogP contribution in [0.25, 0.3) is 10.2 Å². The predicted octanol–water partition coefficient (Wildman–Crippen LogP) is 5.87. The minimum atomic E-state index is 0.693. The van der Waals surface area contributed by atoms with Gasteiger partial charge in [0, 0.05) is 18.8 Å². The van der Waals surface area contributed by atoms with Crippen molar-refractivity contribution in [3.05, 3.63) is 48.0 Å². The summed E-state index contributed by atoms with van der Waals surface area (Å²) in [5, 5.41) is 9.27. The van der Waals surface area contributed by atoms with Gasteiger partial charge in [0.1, 0.15) is 0 Å². The van der Waals surface area contributed by atoms with Gasteiger partial charge in [0.25, 0.3) is 0 Å². The largest absolute Gasteiger partial charge is 0.372 e. The van der Waals surface area contributed by atoms with Crippen molar-refractivity contribution < 1.29 is 0 Å². The molecule has 5 heteroatoms. The number of hydrogen-bond donors (Lipinski definition) is 0. The molecule has 118 valence electrons. The van der Waals surface area contributed by atoms with Gasteiger partial charge in [-0.25, -0.2) is 4.98 Å². The average Bonchev–Trinajstić information content (AvgIpc) is 2.97. The third kappa shape index (κ3) is 3.56. The highest BCUT2D eigenvalue weighted by Gasteiger charge is 2.03. The number of anilines is 1. The summed E-state index contributed by atoms with van der Waals surface area (Å²) in [4.78, 5) is 6.79. The lowest BCUT2D eigenvalue weighted by Gasteiger charge is -2.20. The molecule has 0 aliphatic heterocycles. The molecule has 3 aromatic rings. The first-order valence-corrected chi connectivity index (χ1v) is 8.65. The molecule has 0 aliphatic carbocycles. The summed E-state index contributed by atoms with van der Waals surface area (Å²) in [7, 11) is 0. The van der Waals surface area contributed by atoms with Gasteiger partial charge in [-0.05, 0) is 62.7 Å². The Morgan fingerprint density at radius 3 is 2.43 bits per heavy atom. The minimum absolute atomic E-state index is 0.693. The molecule has 0 unspecified atom stereocenters. The Morgan fingerprint density at radius 1 is 1.00 bits per heavy atom. The van der Waals surface area contributed by atoms with E-state index in [1.54, 1.807) is 11.3 Å². The lowest BCUT2D eigenvalue weighted by atomic mass is 10.2. The van der Waals surface area contributed by atoms with Crippen LogP contribution in [0.5, 0.6) is 0 Å². The molecule has 3 rings (SSSR count). The summed E-state index contributed by atoms with van der Waals surface area (Å²) in [6.45, 7) is 8.40. The molecule has 0 atom stereocenters. The molecule has 23 heavy (non-hydrogen) atoms. The zero-order chi connectivity index (χ0) is 16.2. The fourth-order valence-electron chi connectivity index (χ4n) is 2.48. The number of fused-ring (bicyclic) bond motifs is 1. The predicted molar refractivity (Wildman–Crippen MR) is 98.5 cm³/mol.